The smallest absolute Gasteiger partial charge is 0.310 e. The van der Waals surface area contributed by atoms with Gasteiger partial charge in [0.15, 0.2) is 0 Å². The topological polar surface area (TPSA) is 37.3 Å². The van der Waals surface area contributed by atoms with Crippen molar-refractivity contribution < 1.29 is 9.90 Å². The van der Waals surface area contributed by atoms with Crippen molar-refractivity contribution in [3.8, 4) is 0 Å². The van der Waals surface area contributed by atoms with E-state index in [0.29, 0.717) is 6.42 Å². The molecule has 1 unspecified atom stereocenters. The first kappa shape index (κ1) is 6.34. The van der Waals surface area contributed by atoms with Gasteiger partial charge in [0.05, 0.1) is 19.3 Å². The summed E-state index contributed by atoms with van der Waals surface area (Å²) in [5.74, 6) is -1.06. The molecular weight excluding hydrogens is 92.1 g/mol. The number of hydrogen-bond donors (Lipinski definition) is 1. The Kier molecular flexibility index (Phi) is 2.27. The molecule has 0 aromatic carbocycles. The van der Waals surface area contributed by atoms with Gasteiger partial charge in [-0.2, -0.15) is 0 Å². The first-order valence-corrected chi connectivity index (χ1v) is 2.20. The van der Waals surface area contributed by atoms with Gasteiger partial charge in [0, 0.05) is 0 Å². The highest BCUT2D eigenvalue weighted by Crippen LogP contribution is 1.97. The van der Waals surface area contributed by atoms with Crippen LogP contribution in [0.2, 0.25) is 0 Å². The predicted octanol–water partition coefficient (Wildman–Crippen LogP) is 0.931. The fraction of sp³-hybridized carbons (Fsp3) is 0.600. The minimum atomic E-state index is -0.769. The lowest BCUT2D eigenvalue weighted by Gasteiger charge is -1.92. The number of carboxylic acids is 1. The van der Waals surface area contributed by atoms with Gasteiger partial charge in [-0.15, -0.1) is 0 Å². The molecule has 0 aromatic heterocycles. The van der Waals surface area contributed by atoms with E-state index in [-0.39, 0.29) is 5.92 Å². The molecule has 2 heteroatoms. The van der Waals surface area contributed by atoms with E-state index in [0.717, 1.165) is 0 Å². The average Bonchev–Trinajstić information content (AvgIpc) is 1.65. The zero-order valence-corrected chi connectivity index (χ0v) is 4.35. The van der Waals surface area contributed by atoms with Gasteiger partial charge in [0.1, 0.15) is 0 Å². The van der Waals surface area contributed by atoms with Crippen molar-refractivity contribution >= 4 is 5.97 Å². The molecule has 1 N–H and O–H groups in total. The van der Waals surface area contributed by atoms with Gasteiger partial charge in [-0.1, -0.05) is 0 Å². The zero-order chi connectivity index (χ0) is 5.86. The summed E-state index contributed by atoms with van der Waals surface area (Å²) in [7, 11) is 0. The quantitative estimate of drug-likeness (QED) is 0.525. The van der Waals surface area contributed by atoms with Crippen molar-refractivity contribution in [2.75, 3.05) is 0 Å². The standard InChI is InChI=1S/C5H8O2/c1-3-4(2)5(6)7/h4H,1,3H2,2H3/p+1. The van der Waals surface area contributed by atoms with Crippen molar-refractivity contribution in [1.29, 1.82) is 0 Å². The highest BCUT2D eigenvalue weighted by atomic mass is 16.4. The average molecular weight is 101 g/mol. The zero-order valence-electron chi connectivity index (χ0n) is 4.35. The summed E-state index contributed by atoms with van der Waals surface area (Å²) < 4.78 is 0. The van der Waals surface area contributed by atoms with E-state index >= 15 is 0 Å². The lowest BCUT2D eigenvalue weighted by molar-refractivity contribution is -0.140. The summed E-state index contributed by atoms with van der Waals surface area (Å²) in [6.07, 6.45) is 0.468. The summed E-state index contributed by atoms with van der Waals surface area (Å²) in [5, 5.41) is 8.14. The number of rotatable bonds is 2. The van der Waals surface area contributed by atoms with E-state index < -0.39 is 5.97 Å². The molecule has 40 valence electrons. The Labute approximate surface area is 43.2 Å². The molecule has 0 fully saturated rings. The van der Waals surface area contributed by atoms with E-state index in [1.807, 2.05) is 0 Å². The van der Waals surface area contributed by atoms with Crippen LogP contribution in [0.4, 0.5) is 0 Å². The summed E-state index contributed by atoms with van der Waals surface area (Å²) >= 11 is 0. The van der Waals surface area contributed by atoms with Gasteiger partial charge in [-0.3, -0.25) is 4.79 Å². The van der Waals surface area contributed by atoms with E-state index in [1.54, 1.807) is 6.92 Å². The van der Waals surface area contributed by atoms with Gasteiger partial charge >= 0.3 is 5.97 Å². The van der Waals surface area contributed by atoms with Crippen molar-refractivity contribution in [2.45, 2.75) is 13.3 Å². The maximum absolute atomic E-state index is 9.89. The molecular formula is C5H9O2+. The maximum Gasteiger partial charge on any atom is 0.310 e. The molecule has 0 spiro atoms. The first-order chi connectivity index (χ1) is 3.18. The van der Waals surface area contributed by atoms with Gasteiger partial charge in [0.2, 0.25) is 0 Å². The SMILES string of the molecule is [CH2+]CC(C)C(=O)O. The summed E-state index contributed by atoms with van der Waals surface area (Å²) in [6.45, 7) is 5.06. The Bertz CT molecular complexity index is 68.5. The van der Waals surface area contributed by atoms with Crippen LogP contribution in [0.1, 0.15) is 13.3 Å². The molecule has 0 aliphatic rings. The number of hydrogen-bond acceptors (Lipinski definition) is 1. The van der Waals surface area contributed by atoms with Gasteiger partial charge < -0.3 is 5.11 Å². The molecule has 7 heavy (non-hydrogen) atoms. The fourth-order valence-electron chi connectivity index (χ4n) is 0.123. The predicted molar refractivity (Wildman–Crippen MR) is 26.8 cm³/mol. The van der Waals surface area contributed by atoms with Crippen LogP contribution < -0.4 is 0 Å². The van der Waals surface area contributed by atoms with E-state index in [4.69, 9.17) is 5.11 Å². The molecule has 0 aromatic rings. The van der Waals surface area contributed by atoms with Gasteiger partial charge in [-0.25, -0.2) is 0 Å². The fourth-order valence-corrected chi connectivity index (χ4v) is 0.123. The monoisotopic (exact) mass is 101 g/mol. The van der Waals surface area contributed by atoms with Crippen LogP contribution >= 0.6 is 0 Å². The van der Waals surface area contributed by atoms with Crippen molar-refractivity contribution in [3.05, 3.63) is 6.92 Å². The Morgan fingerprint density at radius 3 is 2.43 bits per heavy atom. The Balaban J connectivity index is 3.34. The molecule has 1 atom stereocenters. The Morgan fingerprint density at radius 2 is 2.43 bits per heavy atom. The second-order valence-corrected chi connectivity index (χ2v) is 1.53. The molecule has 0 aliphatic heterocycles. The number of carbonyl (C=O) groups is 1. The highest BCUT2D eigenvalue weighted by Gasteiger charge is 2.09. The van der Waals surface area contributed by atoms with Crippen LogP contribution in [-0.2, 0) is 4.79 Å². The minimum absolute atomic E-state index is 0.292. The second kappa shape index (κ2) is 2.50. The molecule has 0 heterocycles. The maximum atomic E-state index is 9.89. The van der Waals surface area contributed by atoms with E-state index in [9.17, 15) is 4.79 Å². The molecule has 2 nitrogen and oxygen atoms in total. The molecule has 0 rings (SSSR count). The molecule has 0 saturated carbocycles. The largest absolute Gasteiger partial charge is 0.481 e. The third-order valence-electron chi connectivity index (χ3n) is 0.855. The summed E-state index contributed by atoms with van der Waals surface area (Å²) in [5.41, 5.74) is 0. The lowest BCUT2D eigenvalue weighted by Crippen LogP contribution is -2.06. The Morgan fingerprint density at radius 1 is 2.00 bits per heavy atom. The number of aliphatic carboxylic acids is 1. The molecule has 0 radical (unpaired) electrons. The van der Waals surface area contributed by atoms with Gasteiger partial charge in [0.25, 0.3) is 0 Å². The van der Waals surface area contributed by atoms with Crippen LogP contribution in [0, 0.1) is 12.8 Å². The van der Waals surface area contributed by atoms with Crippen molar-refractivity contribution in [1.82, 2.24) is 0 Å². The first-order valence-electron chi connectivity index (χ1n) is 2.20. The van der Waals surface area contributed by atoms with E-state index in [2.05, 4.69) is 6.92 Å². The lowest BCUT2D eigenvalue weighted by atomic mass is 10.1. The van der Waals surface area contributed by atoms with Crippen LogP contribution in [-0.4, -0.2) is 11.1 Å². The van der Waals surface area contributed by atoms with Crippen LogP contribution in [0.3, 0.4) is 0 Å². The summed E-state index contributed by atoms with van der Waals surface area (Å²) in [6, 6.07) is 0. The van der Waals surface area contributed by atoms with Crippen molar-refractivity contribution in [2.24, 2.45) is 5.92 Å². The Hall–Kier alpha value is -0.660. The minimum Gasteiger partial charge on any atom is -0.481 e. The third-order valence-corrected chi connectivity index (χ3v) is 0.855. The molecule has 0 aliphatic carbocycles. The number of carboxylic acid groups (broad SMARTS) is 1. The third kappa shape index (κ3) is 2.09. The second-order valence-electron chi connectivity index (χ2n) is 1.53. The molecule has 0 amide bonds. The summed E-state index contributed by atoms with van der Waals surface area (Å²) in [4.78, 5) is 9.89. The highest BCUT2D eigenvalue weighted by molar-refractivity contribution is 5.69. The normalized spacial score (nSPS) is 13.3. The van der Waals surface area contributed by atoms with Gasteiger partial charge in [-0.05, 0) is 6.92 Å². The molecule has 0 saturated heterocycles. The van der Waals surface area contributed by atoms with Crippen LogP contribution in [0.15, 0.2) is 0 Å². The van der Waals surface area contributed by atoms with Crippen molar-refractivity contribution in [3.63, 3.8) is 0 Å². The molecule has 0 bridgehead atoms. The van der Waals surface area contributed by atoms with E-state index in [1.165, 1.54) is 0 Å². The van der Waals surface area contributed by atoms with Crippen LogP contribution in [0.25, 0.3) is 0 Å². The van der Waals surface area contributed by atoms with Crippen LogP contribution in [0.5, 0.6) is 0 Å².